The molecule has 4 heteroatoms. The van der Waals surface area contributed by atoms with E-state index in [0.29, 0.717) is 15.8 Å². The first kappa shape index (κ1) is 29.2. The quantitative estimate of drug-likeness (QED) is 0.168. The predicted molar refractivity (Wildman–Crippen MR) is 129 cm³/mol. The van der Waals surface area contributed by atoms with Crippen LogP contribution < -0.4 is 0 Å². The van der Waals surface area contributed by atoms with Gasteiger partial charge in [-0.3, -0.25) is 0 Å². The van der Waals surface area contributed by atoms with Crippen LogP contribution in [-0.2, 0) is 17.3 Å². The van der Waals surface area contributed by atoms with Crippen LogP contribution in [-0.4, -0.2) is 40.0 Å². The van der Waals surface area contributed by atoms with Crippen LogP contribution in [0.1, 0.15) is 30.9 Å². The molecule has 0 atom stereocenters. The second-order valence-corrected chi connectivity index (χ2v) is 12.1. The van der Waals surface area contributed by atoms with Gasteiger partial charge in [0.2, 0.25) is 0 Å². The molecule has 27 heavy (non-hydrogen) atoms. The van der Waals surface area contributed by atoms with E-state index >= 15 is 0 Å². The van der Waals surface area contributed by atoms with Gasteiger partial charge in [-0.2, -0.15) is 0 Å². The van der Waals surface area contributed by atoms with Crippen LogP contribution >= 0.6 is 25.5 Å². The third-order valence-corrected chi connectivity index (χ3v) is 2.69. The Labute approximate surface area is 185 Å². The fraction of sp³-hybridized carbons (Fsp3) is 0.391. The molecule has 0 saturated heterocycles. The summed E-state index contributed by atoms with van der Waals surface area (Å²) in [4.78, 5) is 0. The summed E-state index contributed by atoms with van der Waals surface area (Å²) < 4.78 is 0. The van der Waals surface area contributed by atoms with Gasteiger partial charge in [0.05, 0.1) is 0 Å². The minimum atomic E-state index is 0.380. The Kier molecular flexibility index (Phi) is 22.3. The number of rotatable bonds is 4. The molecule has 0 nitrogen and oxygen atoms in total. The molecule has 0 aromatic heterocycles. The average Bonchev–Trinajstić information content (AvgIpc) is 2.64. The number of benzene rings is 2. The van der Waals surface area contributed by atoms with Gasteiger partial charge in [-0.1, -0.05) is 55.3 Å². The van der Waals surface area contributed by atoms with Crippen molar-refractivity contribution in [1.82, 2.24) is 0 Å². The summed E-state index contributed by atoms with van der Waals surface area (Å²) in [6.07, 6.45) is 5.72. The van der Waals surface area contributed by atoms with Crippen LogP contribution in [0, 0.1) is 6.08 Å². The first-order chi connectivity index (χ1) is 12.9. The zero-order valence-corrected chi connectivity index (χ0v) is 22.0. The second-order valence-electron chi connectivity index (χ2n) is 6.77. The predicted octanol–water partition coefficient (Wildman–Crippen LogP) is 8.12. The summed E-state index contributed by atoms with van der Waals surface area (Å²) in [6.45, 7) is 15.6. The fourth-order valence-electron chi connectivity index (χ4n) is 1.86. The van der Waals surface area contributed by atoms with Gasteiger partial charge < -0.3 is 0 Å². The molecule has 0 radical (unpaired) electrons. The van der Waals surface area contributed by atoms with Gasteiger partial charge in [-0.05, 0) is 46.4 Å². The van der Waals surface area contributed by atoms with Gasteiger partial charge in [0.15, 0.2) is 0 Å². The van der Waals surface area contributed by atoms with Crippen molar-refractivity contribution in [3.05, 3.63) is 77.9 Å². The fourth-order valence-corrected chi connectivity index (χ4v) is 1.86. The molecule has 2 rings (SSSR count). The van der Waals surface area contributed by atoms with E-state index in [1.54, 1.807) is 0 Å². The summed E-state index contributed by atoms with van der Waals surface area (Å²) in [6, 6.07) is 20.9. The number of allylic oxidation sites excluding steroid dienone is 1. The SMILES string of the molecule is CCCC(=[C-]c1ccccc1)c1ccccc1.CP(C)C.CP(C)C.[Cl][Rh+2]. The molecule has 0 aliphatic rings. The summed E-state index contributed by atoms with van der Waals surface area (Å²) in [7, 11) is 5.29. The molecule has 0 saturated carbocycles. The number of hydrogen-bond acceptors (Lipinski definition) is 0. The molecular formula is C23H35ClP2Rh+. The molecular weight excluding hydrogens is 477 g/mol. The van der Waals surface area contributed by atoms with Crippen molar-refractivity contribution in [2.45, 2.75) is 19.8 Å². The Hall–Kier alpha value is -0.0466. The number of halogens is 1. The third-order valence-electron chi connectivity index (χ3n) is 2.69. The third kappa shape index (κ3) is 20.5. The molecule has 0 unspecified atom stereocenters. The Morgan fingerprint density at radius 3 is 1.52 bits per heavy atom. The van der Waals surface area contributed by atoms with Crippen molar-refractivity contribution in [2.24, 2.45) is 0 Å². The molecule has 0 aliphatic heterocycles. The molecule has 2 aromatic rings. The molecule has 0 aliphatic carbocycles. The van der Waals surface area contributed by atoms with E-state index in [9.17, 15) is 0 Å². The molecule has 0 amide bonds. The van der Waals surface area contributed by atoms with Crippen LogP contribution in [0.4, 0.5) is 0 Å². The van der Waals surface area contributed by atoms with Gasteiger partial charge in [-0.25, -0.2) is 0 Å². The summed E-state index contributed by atoms with van der Waals surface area (Å²) >= 11 is 2.02. The van der Waals surface area contributed by atoms with Crippen LogP contribution in [0.25, 0.3) is 5.57 Å². The molecule has 152 valence electrons. The summed E-state index contributed by atoms with van der Waals surface area (Å²) in [5, 5.41) is 0. The van der Waals surface area contributed by atoms with Gasteiger partial charge in [0.25, 0.3) is 0 Å². The molecule has 0 fully saturated rings. The van der Waals surface area contributed by atoms with Crippen LogP contribution in [0.2, 0.25) is 0 Å². The van der Waals surface area contributed by atoms with Crippen molar-refractivity contribution in [3.8, 4) is 0 Å². The van der Waals surface area contributed by atoms with E-state index < -0.39 is 0 Å². The van der Waals surface area contributed by atoms with Crippen molar-refractivity contribution in [1.29, 1.82) is 0 Å². The standard InChI is InChI=1S/C17H17.2C3H9P.ClH.Rh/c1-2-9-17(16-12-7-4-8-13-16)14-15-10-5-3-6-11-15;2*1-4(2)3;;/h3-8,10-13H,2,9H2,1H3;2*1-3H3;1H;/q-1;;;;+3/p-1. The first-order valence-corrected chi connectivity index (χ1v) is 16.4. The maximum absolute atomic E-state index is 4.53. The van der Waals surface area contributed by atoms with Crippen molar-refractivity contribution < 1.29 is 17.3 Å². The Morgan fingerprint density at radius 1 is 0.778 bits per heavy atom. The summed E-state index contributed by atoms with van der Waals surface area (Å²) in [5.74, 6) is 0. The number of hydrogen-bond donors (Lipinski definition) is 0. The van der Waals surface area contributed by atoms with E-state index in [1.807, 2.05) is 23.4 Å². The molecule has 0 spiro atoms. The van der Waals surface area contributed by atoms with Crippen LogP contribution in [0.15, 0.2) is 60.7 Å². The van der Waals surface area contributed by atoms with E-state index in [4.69, 9.17) is 0 Å². The molecule has 2 aromatic carbocycles. The molecule has 0 heterocycles. The van der Waals surface area contributed by atoms with Crippen molar-refractivity contribution >= 4 is 31.1 Å². The van der Waals surface area contributed by atoms with Gasteiger partial charge >= 0.3 is 27.0 Å². The van der Waals surface area contributed by atoms with E-state index in [2.05, 4.69) is 117 Å². The monoisotopic (exact) mass is 511 g/mol. The van der Waals surface area contributed by atoms with E-state index in [0.717, 1.165) is 18.4 Å². The van der Waals surface area contributed by atoms with E-state index in [1.165, 1.54) is 11.1 Å². The zero-order valence-electron chi connectivity index (χ0n) is 17.8. The summed E-state index contributed by atoms with van der Waals surface area (Å²) in [5.41, 5.74) is 3.72. The van der Waals surface area contributed by atoms with Gasteiger partial charge in [0, 0.05) is 0 Å². The normalized spacial score (nSPS) is 10.1. The Morgan fingerprint density at radius 2 is 1.15 bits per heavy atom. The maximum atomic E-state index is 4.53. The van der Waals surface area contributed by atoms with Crippen LogP contribution in [0.5, 0.6) is 0 Å². The van der Waals surface area contributed by atoms with E-state index in [-0.39, 0.29) is 0 Å². The van der Waals surface area contributed by atoms with Gasteiger partial charge in [-0.15, -0.1) is 57.3 Å². The minimum absolute atomic E-state index is 0.380. The Balaban J connectivity index is 0. The molecule has 0 bridgehead atoms. The zero-order chi connectivity index (χ0) is 21.1. The van der Waals surface area contributed by atoms with Crippen molar-refractivity contribution in [2.75, 3.05) is 40.0 Å². The van der Waals surface area contributed by atoms with Crippen LogP contribution in [0.3, 0.4) is 0 Å². The van der Waals surface area contributed by atoms with Crippen molar-refractivity contribution in [3.63, 3.8) is 0 Å². The average molecular weight is 512 g/mol. The Bertz CT molecular complexity index is 558. The van der Waals surface area contributed by atoms with Gasteiger partial charge in [0.1, 0.15) is 0 Å². The first-order valence-electron chi connectivity index (χ1n) is 8.94. The topological polar surface area (TPSA) is 0 Å². The second kappa shape index (κ2) is 20.7. The molecule has 0 N–H and O–H groups in total.